The zero-order valence-electron chi connectivity index (χ0n) is 14.3. The zero-order chi connectivity index (χ0) is 18.8. The van der Waals surface area contributed by atoms with Gasteiger partial charge in [-0.15, -0.1) is 0 Å². The maximum atomic E-state index is 13.0. The standard InChI is InChI=1S/C20H16F2N2O3/c21-20(22)27-16-10-4-8-13-9-5-11-24(17(13)16)19(25)15-12-26-18(23-15)14-6-2-1-3-7-14/h1-4,6-8,10,12,20H,5,9,11H2. The van der Waals surface area contributed by atoms with Gasteiger partial charge >= 0.3 is 6.61 Å². The van der Waals surface area contributed by atoms with Crippen LogP contribution in [0.2, 0.25) is 0 Å². The molecule has 0 bridgehead atoms. The average Bonchev–Trinajstić information content (AvgIpc) is 3.18. The highest BCUT2D eigenvalue weighted by Crippen LogP contribution is 2.38. The maximum absolute atomic E-state index is 13.0. The van der Waals surface area contributed by atoms with Crippen LogP contribution in [0.3, 0.4) is 0 Å². The maximum Gasteiger partial charge on any atom is 0.387 e. The van der Waals surface area contributed by atoms with Gasteiger partial charge < -0.3 is 14.1 Å². The molecule has 2 aromatic carbocycles. The van der Waals surface area contributed by atoms with E-state index >= 15 is 0 Å². The minimum atomic E-state index is -2.97. The summed E-state index contributed by atoms with van der Waals surface area (Å²) in [7, 11) is 0. The lowest BCUT2D eigenvalue weighted by atomic mass is 10.0. The number of fused-ring (bicyclic) bond motifs is 1. The van der Waals surface area contributed by atoms with Crippen LogP contribution in [0.4, 0.5) is 14.5 Å². The Kier molecular flexibility index (Phi) is 4.58. The summed E-state index contributed by atoms with van der Waals surface area (Å²) in [5.74, 6) is -0.0946. The zero-order valence-corrected chi connectivity index (χ0v) is 14.3. The van der Waals surface area contributed by atoms with Gasteiger partial charge in [0, 0.05) is 12.1 Å². The quantitative estimate of drug-likeness (QED) is 0.677. The number of rotatable bonds is 4. The third-order valence-corrected chi connectivity index (χ3v) is 4.39. The van der Waals surface area contributed by atoms with Crippen LogP contribution in [0.1, 0.15) is 22.5 Å². The van der Waals surface area contributed by atoms with Crippen molar-refractivity contribution in [2.24, 2.45) is 0 Å². The number of hydrogen-bond donors (Lipinski definition) is 0. The third kappa shape index (κ3) is 3.40. The van der Waals surface area contributed by atoms with E-state index in [-0.39, 0.29) is 11.4 Å². The number of carbonyl (C=O) groups excluding carboxylic acids is 1. The number of aromatic nitrogens is 1. The first-order chi connectivity index (χ1) is 13.1. The van der Waals surface area contributed by atoms with E-state index in [1.54, 1.807) is 6.07 Å². The van der Waals surface area contributed by atoms with Gasteiger partial charge in [-0.25, -0.2) is 4.98 Å². The van der Waals surface area contributed by atoms with E-state index in [0.717, 1.165) is 17.5 Å². The van der Waals surface area contributed by atoms with Crippen molar-refractivity contribution >= 4 is 11.6 Å². The average molecular weight is 370 g/mol. The summed E-state index contributed by atoms with van der Waals surface area (Å²) in [4.78, 5) is 18.7. The lowest BCUT2D eigenvalue weighted by molar-refractivity contribution is -0.0495. The number of benzene rings is 2. The lowest BCUT2D eigenvalue weighted by Gasteiger charge is -2.30. The molecule has 27 heavy (non-hydrogen) atoms. The minimum Gasteiger partial charge on any atom is -0.444 e. The number of anilines is 1. The number of nitrogens with zero attached hydrogens (tertiary/aromatic N) is 2. The first-order valence-corrected chi connectivity index (χ1v) is 8.53. The Balaban J connectivity index is 1.68. The third-order valence-electron chi connectivity index (χ3n) is 4.39. The van der Waals surface area contributed by atoms with Crippen LogP contribution in [0.25, 0.3) is 11.5 Å². The van der Waals surface area contributed by atoms with Crippen molar-refractivity contribution in [1.82, 2.24) is 4.98 Å². The SMILES string of the molecule is O=C(c1coc(-c2ccccc2)n1)N1CCCc2cccc(OC(F)F)c21. The number of alkyl halides is 2. The lowest BCUT2D eigenvalue weighted by Crippen LogP contribution is -2.36. The van der Waals surface area contributed by atoms with Gasteiger partial charge in [0.25, 0.3) is 5.91 Å². The van der Waals surface area contributed by atoms with E-state index in [2.05, 4.69) is 9.72 Å². The highest BCUT2D eigenvalue weighted by Gasteiger charge is 2.29. The van der Waals surface area contributed by atoms with Crippen molar-refractivity contribution in [3.8, 4) is 17.2 Å². The molecule has 5 nitrogen and oxygen atoms in total. The molecule has 1 amide bonds. The Morgan fingerprint density at radius 1 is 1.15 bits per heavy atom. The molecular weight excluding hydrogens is 354 g/mol. The molecule has 0 aliphatic carbocycles. The van der Waals surface area contributed by atoms with Gasteiger partial charge in [0.1, 0.15) is 12.0 Å². The van der Waals surface area contributed by atoms with Crippen LogP contribution >= 0.6 is 0 Å². The van der Waals surface area contributed by atoms with Crippen molar-refractivity contribution in [2.75, 3.05) is 11.4 Å². The summed E-state index contributed by atoms with van der Waals surface area (Å²) in [5, 5.41) is 0. The molecule has 0 radical (unpaired) electrons. The molecule has 3 aromatic rings. The van der Waals surface area contributed by atoms with Gasteiger partial charge in [-0.3, -0.25) is 4.79 Å². The molecule has 138 valence electrons. The molecule has 1 aliphatic heterocycles. The molecule has 0 unspecified atom stereocenters. The molecule has 0 saturated carbocycles. The first kappa shape index (κ1) is 17.2. The van der Waals surface area contributed by atoms with Gasteiger partial charge in [0.15, 0.2) is 5.69 Å². The van der Waals surface area contributed by atoms with Crippen LogP contribution in [-0.2, 0) is 6.42 Å². The molecule has 0 N–H and O–H groups in total. The molecule has 0 fully saturated rings. The van der Waals surface area contributed by atoms with Crippen molar-refractivity contribution < 1.29 is 22.7 Å². The molecular formula is C20H16F2N2O3. The summed E-state index contributed by atoms with van der Waals surface area (Å²) in [6.07, 6.45) is 2.70. The number of amides is 1. The molecule has 4 rings (SSSR count). The van der Waals surface area contributed by atoms with Crippen molar-refractivity contribution in [3.05, 3.63) is 66.1 Å². The fourth-order valence-corrected chi connectivity index (χ4v) is 3.23. The molecule has 2 heterocycles. The number of carbonyl (C=O) groups is 1. The second-order valence-electron chi connectivity index (χ2n) is 6.11. The predicted octanol–water partition coefficient (Wildman–Crippen LogP) is 4.54. The van der Waals surface area contributed by atoms with Gasteiger partial charge in [-0.2, -0.15) is 8.78 Å². The molecule has 0 atom stereocenters. The number of oxazole rings is 1. The summed E-state index contributed by atoms with van der Waals surface area (Å²) in [6, 6.07) is 14.1. The molecule has 1 aromatic heterocycles. The molecule has 7 heteroatoms. The molecule has 1 aliphatic rings. The summed E-state index contributed by atoms with van der Waals surface area (Å²) in [6.45, 7) is -2.57. The normalized spacial score (nSPS) is 13.5. The van der Waals surface area contributed by atoms with E-state index in [0.29, 0.717) is 24.5 Å². The summed E-state index contributed by atoms with van der Waals surface area (Å²) < 4.78 is 35.6. The largest absolute Gasteiger partial charge is 0.444 e. The first-order valence-electron chi connectivity index (χ1n) is 8.53. The highest BCUT2D eigenvalue weighted by molar-refractivity contribution is 6.06. The Morgan fingerprint density at radius 2 is 1.96 bits per heavy atom. The number of halogens is 2. The molecule has 0 saturated heterocycles. The number of aryl methyl sites for hydroxylation is 1. The predicted molar refractivity (Wildman–Crippen MR) is 95.0 cm³/mol. The van der Waals surface area contributed by atoms with Gasteiger partial charge in [-0.05, 0) is 36.6 Å². The van der Waals surface area contributed by atoms with Gasteiger partial charge in [0.2, 0.25) is 5.89 Å². The number of para-hydroxylation sites is 1. The highest BCUT2D eigenvalue weighted by atomic mass is 19.3. The van der Waals surface area contributed by atoms with Crippen molar-refractivity contribution in [2.45, 2.75) is 19.5 Å². The second-order valence-corrected chi connectivity index (χ2v) is 6.11. The fourth-order valence-electron chi connectivity index (χ4n) is 3.23. The van der Waals surface area contributed by atoms with Gasteiger partial charge in [-0.1, -0.05) is 30.3 Å². The van der Waals surface area contributed by atoms with E-state index in [1.807, 2.05) is 36.4 Å². The van der Waals surface area contributed by atoms with Crippen LogP contribution in [0.15, 0.2) is 59.2 Å². The minimum absolute atomic E-state index is 0.0117. The topological polar surface area (TPSA) is 55.6 Å². The Hall–Kier alpha value is -3.22. The van der Waals surface area contributed by atoms with Gasteiger partial charge in [0.05, 0.1) is 5.69 Å². The van der Waals surface area contributed by atoms with E-state index in [1.165, 1.54) is 17.2 Å². The second kappa shape index (κ2) is 7.19. The Morgan fingerprint density at radius 3 is 2.74 bits per heavy atom. The monoisotopic (exact) mass is 370 g/mol. The Bertz CT molecular complexity index is 957. The molecule has 0 spiro atoms. The van der Waals surface area contributed by atoms with E-state index < -0.39 is 12.5 Å². The Labute approximate surface area is 154 Å². The number of ether oxygens (including phenoxy) is 1. The number of hydrogen-bond acceptors (Lipinski definition) is 4. The van der Waals surface area contributed by atoms with Crippen LogP contribution in [-0.4, -0.2) is 24.0 Å². The smallest absolute Gasteiger partial charge is 0.387 e. The van der Waals surface area contributed by atoms with E-state index in [4.69, 9.17) is 4.42 Å². The van der Waals surface area contributed by atoms with Crippen molar-refractivity contribution in [1.29, 1.82) is 0 Å². The fraction of sp³-hybridized carbons (Fsp3) is 0.200. The summed E-state index contributed by atoms with van der Waals surface area (Å²) in [5.41, 5.74) is 2.03. The van der Waals surface area contributed by atoms with E-state index in [9.17, 15) is 13.6 Å². The van der Waals surface area contributed by atoms with Crippen LogP contribution in [0, 0.1) is 0 Å². The van der Waals surface area contributed by atoms with Crippen LogP contribution < -0.4 is 9.64 Å². The summed E-state index contributed by atoms with van der Waals surface area (Å²) >= 11 is 0. The van der Waals surface area contributed by atoms with Crippen molar-refractivity contribution in [3.63, 3.8) is 0 Å². The van der Waals surface area contributed by atoms with Crippen LogP contribution in [0.5, 0.6) is 5.75 Å².